The zero-order chi connectivity index (χ0) is 12.3. The summed E-state index contributed by atoms with van der Waals surface area (Å²) in [5.41, 5.74) is 0.799. The standard InChI is InChI=1S/C13H16INO2/c1-2-10-9-17-8-7-15(10)13(16)11-5-3-4-6-12(11)14/h3-6,10H,2,7-9H2,1H3. The highest BCUT2D eigenvalue weighted by molar-refractivity contribution is 14.1. The molecular formula is C13H16INO2. The van der Waals surface area contributed by atoms with Crippen LogP contribution in [0.3, 0.4) is 0 Å². The minimum Gasteiger partial charge on any atom is -0.377 e. The van der Waals surface area contributed by atoms with Crippen LogP contribution in [0.1, 0.15) is 23.7 Å². The van der Waals surface area contributed by atoms with E-state index in [2.05, 4.69) is 29.5 Å². The van der Waals surface area contributed by atoms with Gasteiger partial charge in [-0.2, -0.15) is 0 Å². The molecule has 1 aliphatic heterocycles. The van der Waals surface area contributed by atoms with Crippen molar-refractivity contribution in [3.8, 4) is 0 Å². The summed E-state index contributed by atoms with van der Waals surface area (Å²) in [6.07, 6.45) is 0.940. The molecule has 1 amide bonds. The molecule has 2 rings (SSSR count). The molecule has 0 spiro atoms. The lowest BCUT2D eigenvalue weighted by Crippen LogP contribution is -2.48. The number of nitrogens with zero attached hydrogens (tertiary/aromatic N) is 1. The first-order chi connectivity index (χ1) is 8.24. The van der Waals surface area contributed by atoms with Crippen LogP contribution in [0.25, 0.3) is 0 Å². The molecule has 1 saturated heterocycles. The molecular weight excluding hydrogens is 329 g/mol. The molecule has 17 heavy (non-hydrogen) atoms. The molecule has 0 N–H and O–H groups in total. The fraction of sp³-hybridized carbons (Fsp3) is 0.462. The highest BCUT2D eigenvalue weighted by Crippen LogP contribution is 2.18. The smallest absolute Gasteiger partial charge is 0.255 e. The molecule has 0 aliphatic carbocycles. The van der Waals surface area contributed by atoms with Crippen molar-refractivity contribution in [2.75, 3.05) is 19.8 Å². The summed E-state index contributed by atoms with van der Waals surface area (Å²) < 4.78 is 6.43. The van der Waals surface area contributed by atoms with Crippen LogP contribution in [0, 0.1) is 3.57 Å². The highest BCUT2D eigenvalue weighted by Gasteiger charge is 2.27. The first-order valence-electron chi connectivity index (χ1n) is 5.87. The van der Waals surface area contributed by atoms with Crippen LogP contribution in [-0.4, -0.2) is 36.6 Å². The molecule has 0 radical (unpaired) electrons. The lowest BCUT2D eigenvalue weighted by molar-refractivity contribution is -0.00285. The number of ether oxygens (including phenoxy) is 1. The van der Waals surface area contributed by atoms with Crippen molar-refractivity contribution in [1.82, 2.24) is 4.90 Å². The molecule has 1 unspecified atom stereocenters. The first kappa shape index (κ1) is 12.8. The average molecular weight is 345 g/mol. The summed E-state index contributed by atoms with van der Waals surface area (Å²) in [7, 11) is 0. The maximum absolute atomic E-state index is 12.5. The van der Waals surface area contributed by atoms with Gasteiger partial charge >= 0.3 is 0 Å². The summed E-state index contributed by atoms with van der Waals surface area (Å²) in [4.78, 5) is 14.4. The van der Waals surface area contributed by atoms with E-state index in [1.165, 1.54) is 0 Å². The maximum Gasteiger partial charge on any atom is 0.255 e. The van der Waals surface area contributed by atoms with Crippen LogP contribution in [-0.2, 0) is 4.74 Å². The molecule has 1 heterocycles. The molecule has 1 aromatic carbocycles. The van der Waals surface area contributed by atoms with Crippen LogP contribution >= 0.6 is 22.6 Å². The van der Waals surface area contributed by atoms with Crippen molar-refractivity contribution in [3.05, 3.63) is 33.4 Å². The van der Waals surface area contributed by atoms with Gasteiger partial charge in [-0.3, -0.25) is 4.79 Å². The number of carbonyl (C=O) groups excluding carboxylic acids is 1. The van der Waals surface area contributed by atoms with Gasteiger partial charge in [0.15, 0.2) is 0 Å². The van der Waals surface area contributed by atoms with Crippen molar-refractivity contribution in [2.24, 2.45) is 0 Å². The summed E-state index contributed by atoms with van der Waals surface area (Å²) in [6, 6.07) is 7.94. The molecule has 3 nitrogen and oxygen atoms in total. The van der Waals surface area contributed by atoms with E-state index < -0.39 is 0 Å². The van der Waals surface area contributed by atoms with E-state index in [1.54, 1.807) is 0 Å². The third kappa shape index (κ3) is 2.80. The van der Waals surface area contributed by atoms with Crippen LogP contribution < -0.4 is 0 Å². The Kier molecular flexibility index (Phi) is 4.39. The monoisotopic (exact) mass is 345 g/mol. The SMILES string of the molecule is CCC1COCCN1C(=O)c1ccccc1I. The van der Waals surface area contributed by atoms with Crippen LogP contribution in [0.2, 0.25) is 0 Å². The molecule has 4 heteroatoms. The van der Waals surface area contributed by atoms with Crippen molar-refractivity contribution in [2.45, 2.75) is 19.4 Å². The van der Waals surface area contributed by atoms with Gasteiger partial charge in [0.05, 0.1) is 24.8 Å². The van der Waals surface area contributed by atoms with Crippen LogP contribution in [0.15, 0.2) is 24.3 Å². The highest BCUT2D eigenvalue weighted by atomic mass is 127. The lowest BCUT2D eigenvalue weighted by atomic mass is 10.1. The largest absolute Gasteiger partial charge is 0.377 e. The maximum atomic E-state index is 12.5. The predicted molar refractivity (Wildman–Crippen MR) is 75.1 cm³/mol. The number of hydrogen-bond acceptors (Lipinski definition) is 2. The van der Waals surface area contributed by atoms with Gasteiger partial charge in [-0.1, -0.05) is 19.1 Å². The van der Waals surface area contributed by atoms with Crippen LogP contribution in [0.4, 0.5) is 0 Å². The molecule has 92 valence electrons. The Hall–Kier alpha value is -0.620. The molecule has 0 saturated carbocycles. The van der Waals surface area contributed by atoms with Gasteiger partial charge in [0.2, 0.25) is 0 Å². The third-order valence-corrected chi connectivity index (χ3v) is 4.00. The number of hydrogen-bond donors (Lipinski definition) is 0. The fourth-order valence-electron chi connectivity index (χ4n) is 2.05. The van der Waals surface area contributed by atoms with Gasteiger partial charge in [-0.25, -0.2) is 0 Å². The normalized spacial score (nSPS) is 20.4. The van der Waals surface area contributed by atoms with Crippen molar-refractivity contribution in [3.63, 3.8) is 0 Å². The van der Waals surface area contributed by atoms with E-state index in [0.29, 0.717) is 19.8 Å². The quantitative estimate of drug-likeness (QED) is 0.771. The van der Waals surface area contributed by atoms with E-state index >= 15 is 0 Å². The number of amides is 1. The Morgan fingerprint density at radius 2 is 2.29 bits per heavy atom. The Labute approximate surface area is 115 Å². The number of carbonyl (C=O) groups is 1. The van der Waals surface area contributed by atoms with Crippen molar-refractivity contribution >= 4 is 28.5 Å². The van der Waals surface area contributed by atoms with Gasteiger partial charge in [0, 0.05) is 10.1 Å². The Bertz CT molecular complexity index is 408. The Balaban J connectivity index is 2.21. The zero-order valence-electron chi connectivity index (χ0n) is 9.86. The minimum absolute atomic E-state index is 0.130. The minimum atomic E-state index is 0.130. The average Bonchev–Trinajstić information content (AvgIpc) is 2.38. The lowest BCUT2D eigenvalue weighted by Gasteiger charge is -2.35. The van der Waals surface area contributed by atoms with Gasteiger partial charge < -0.3 is 9.64 Å². The van der Waals surface area contributed by atoms with Crippen molar-refractivity contribution in [1.29, 1.82) is 0 Å². The summed E-state index contributed by atoms with van der Waals surface area (Å²) >= 11 is 2.21. The second-order valence-corrected chi connectivity index (χ2v) is 5.28. The van der Waals surface area contributed by atoms with Gasteiger partial charge in [0.25, 0.3) is 5.91 Å². The zero-order valence-corrected chi connectivity index (χ0v) is 12.0. The summed E-state index contributed by atoms with van der Waals surface area (Å²) in [5.74, 6) is 0.130. The molecule has 0 bridgehead atoms. The molecule has 1 atom stereocenters. The number of morpholine rings is 1. The number of rotatable bonds is 2. The second kappa shape index (κ2) is 5.82. The van der Waals surface area contributed by atoms with Gasteiger partial charge in [0.1, 0.15) is 0 Å². The fourth-order valence-corrected chi connectivity index (χ4v) is 2.67. The molecule has 1 aromatic rings. The second-order valence-electron chi connectivity index (χ2n) is 4.12. The van der Waals surface area contributed by atoms with E-state index in [4.69, 9.17) is 4.74 Å². The van der Waals surface area contributed by atoms with Gasteiger partial charge in [-0.05, 0) is 41.1 Å². The third-order valence-electron chi connectivity index (χ3n) is 3.06. The number of halogens is 1. The van der Waals surface area contributed by atoms with E-state index in [1.807, 2.05) is 29.2 Å². The predicted octanol–water partition coefficient (Wildman–Crippen LogP) is 2.54. The Morgan fingerprint density at radius 1 is 1.53 bits per heavy atom. The van der Waals surface area contributed by atoms with E-state index in [0.717, 1.165) is 15.6 Å². The van der Waals surface area contributed by atoms with Crippen molar-refractivity contribution < 1.29 is 9.53 Å². The van der Waals surface area contributed by atoms with E-state index in [-0.39, 0.29) is 11.9 Å². The van der Waals surface area contributed by atoms with Gasteiger partial charge in [-0.15, -0.1) is 0 Å². The summed E-state index contributed by atoms with van der Waals surface area (Å²) in [6.45, 7) is 4.09. The topological polar surface area (TPSA) is 29.5 Å². The first-order valence-corrected chi connectivity index (χ1v) is 6.95. The molecule has 1 fully saturated rings. The molecule has 0 aromatic heterocycles. The molecule has 1 aliphatic rings. The van der Waals surface area contributed by atoms with Crippen LogP contribution in [0.5, 0.6) is 0 Å². The summed E-state index contributed by atoms with van der Waals surface area (Å²) in [5, 5.41) is 0. The Morgan fingerprint density at radius 3 is 3.00 bits per heavy atom. The van der Waals surface area contributed by atoms with E-state index in [9.17, 15) is 4.79 Å². The number of benzene rings is 1.